The average Bonchev–Trinajstić information content (AvgIpc) is 2.60. The van der Waals surface area contributed by atoms with Crippen molar-refractivity contribution < 1.29 is 4.79 Å². The van der Waals surface area contributed by atoms with Gasteiger partial charge >= 0.3 is 0 Å². The molecule has 0 aliphatic carbocycles. The lowest BCUT2D eigenvalue weighted by molar-refractivity contribution is -0.116. The van der Waals surface area contributed by atoms with E-state index in [9.17, 15) is 4.79 Å². The molecule has 2 aromatic rings. The molecule has 1 saturated heterocycles. The van der Waals surface area contributed by atoms with Crippen molar-refractivity contribution >= 4 is 22.4 Å². The molecule has 1 fully saturated rings. The second-order valence-corrected chi connectivity index (χ2v) is 6.25. The summed E-state index contributed by atoms with van der Waals surface area (Å²) < 4.78 is 0. The fourth-order valence-corrected chi connectivity index (χ4v) is 3.30. The van der Waals surface area contributed by atoms with E-state index in [1.807, 2.05) is 37.4 Å². The Morgan fingerprint density at radius 1 is 1.22 bits per heavy atom. The first-order valence-corrected chi connectivity index (χ1v) is 8.43. The van der Waals surface area contributed by atoms with Crippen LogP contribution in [0.4, 0.5) is 5.69 Å². The molecule has 2 N–H and O–H groups in total. The van der Waals surface area contributed by atoms with Crippen LogP contribution in [0.1, 0.15) is 19.3 Å². The molecule has 4 heteroatoms. The molecule has 1 aliphatic heterocycles. The zero-order valence-electron chi connectivity index (χ0n) is 13.7. The van der Waals surface area contributed by atoms with Gasteiger partial charge in [-0.15, -0.1) is 0 Å². The third-order valence-electron chi connectivity index (χ3n) is 4.63. The molecule has 1 atom stereocenters. The summed E-state index contributed by atoms with van der Waals surface area (Å²) in [4.78, 5) is 14.7. The topological polar surface area (TPSA) is 44.4 Å². The predicted octanol–water partition coefficient (Wildman–Crippen LogP) is 2.85. The Kier molecular flexibility index (Phi) is 5.26. The number of amides is 1. The van der Waals surface area contributed by atoms with Crippen LogP contribution in [0, 0.1) is 0 Å². The van der Waals surface area contributed by atoms with Crippen molar-refractivity contribution in [1.82, 2.24) is 10.2 Å². The van der Waals surface area contributed by atoms with Gasteiger partial charge in [0.15, 0.2) is 0 Å². The first-order valence-electron chi connectivity index (χ1n) is 8.43. The van der Waals surface area contributed by atoms with E-state index < -0.39 is 0 Å². The standard InChI is InChI=1S/C19H25N3O/c1-20-16-8-5-12-22(14-16)13-11-19(23)21-18-10-4-7-15-6-2-3-9-17(15)18/h2-4,6-7,9-10,16,20H,5,8,11-14H2,1H3,(H,21,23). The van der Waals surface area contributed by atoms with Gasteiger partial charge in [-0.2, -0.15) is 0 Å². The van der Waals surface area contributed by atoms with Crippen LogP contribution in [0.25, 0.3) is 10.8 Å². The summed E-state index contributed by atoms with van der Waals surface area (Å²) in [6.45, 7) is 2.96. The van der Waals surface area contributed by atoms with Gasteiger partial charge in [-0.05, 0) is 37.9 Å². The molecule has 122 valence electrons. The summed E-state index contributed by atoms with van der Waals surface area (Å²) in [5.41, 5.74) is 0.903. The van der Waals surface area contributed by atoms with Gasteiger partial charge in [-0.3, -0.25) is 4.79 Å². The van der Waals surface area contributed by atoms with Crippen molar-refractivity contribution in [3.8, 4) is 0 Å². The van der Waals surface area contributed by atoms with Crippen LogP contribution >= 0.6 is 0 Å². The van der Waals surface area contributed by atoms with Gasteiger partial charge in [-0.1, -0.05) is 36.4 Å². The SMILES string of the molecule is CNC1CCCN(CCC(=O)Nc2cccc3ccccc23)C1. The number of nitrogens with one attached hydrogen (secondary N) is 2. The van der Waals surface area contributed by atoms with E-state index in [0.29, 0.717) is 12.5 Å². The normalized spacial score (nSPS) is 18.9. The van der Waals surface area contributed by atoms with E-state index in [1.54, 1.807) is 0 Å². The number of nitrogens with zero attached hydrogens (tertiary/aromatic N) is 1. The minimum Gasteiger partial charge on any atom is -0.325 e. The van der Waals surface area contributed by atoms with Crippen LogP contribution < -0.4 is 10.6 Å². The largest absolute Gasteiger partial charge is 0.325 e. The van der Waals surface area contributed by atoms with E-state index in [0.717, 1.165) is 36.1 Å². The highest BCUT2D eigenvalue weighted by Gasteiger charge is 2.18. The van der Waals surface area contributed by atoms with Gasteiger partial charge in [-0.25, -0.2) is 0 Å². The first-order chi connectivity index (χ1) is 11.3. The number of carbonyl (C=O) groups excluding carboxylic acids is 1. The molecule has 0 radical (unpaired) electrons. The second kappa shape index (κ2) is 7.57. The lowest BCUT2D eigenvalue weighted by Crippen LogP contribution is -2.45. The van der Waals surface area contributed by atoms with E-state index in [4.69, 9.17) is 0 Å². The molecule has 0 bridgehead atoms. The van der Waals surface area contributed by atoms with Gasteiger partial charge in [0.1, 0.15) is 0 Å². The fourth-order valence-electron chi connectivity index (χ4n) is 3.30. The Balaban J connectivity index is 1.56. The molecule has 1 unspecified atom stereocenters. The Bertz CT molecular complexity index is 665. The number of hydrogen-bond donors (Lipinski definition) is 2. The second-order valence-electron chi connectivity index (χ2n) is 6.25. The smallest absolute Gasteiger partial charge is 0.225 e. The molecular weight excluding hydrogens is 286 g/mol. The highest BCUT2D eigenvalue weighted by molar-refractivity contribution is 6.02. The Morgan fingerprint density at radius 2 is 2.04 bits per heavy atom. The summed E-state index contributed by atoms with van der Waals surface area (Å²) in [7, 11) is 2.02. The highest BCUT2D eigenvalue weighted by Crippen LogP contribution is 2.23. The summed E-state index contributed by atoms with van der Waals surface area (Å²) in [5, 5.41) is 8.65. The van der Waals surface area contributed by atoms with Crippen LogP contribution in [0.5, 0.6) is 0 Å². The molecule has 3 rings (SSSR count). The molecule has 1 amide bonds. The number of hydrogen-bond acceptors (Lipinski definition) is 3. The van der Waals surface area contributed by atoms with E-state index in [-0.39, 0.29) is 5.91 Å². The quantitative estimate of drug-likeness (QED) is 0.892. The number of fused-ring (bicyclic) bond motifs is 1. The maximum Gasteiger partial charge on any atom is 0.225 e. The molecule has 4 nitrogen and oxygen atoms in total. The molecule has 1 aliphatic rings. The minimum absolute atomic E-state index is 0.0907. The van der Waals surface area contributed by atoms with Gasteiger partial charge in [0.2, 0.25) is 5.91 Å². The summed E-state index contributed by atoms with van der Waals surface area (Å²) in [6, 6.07) is 14.7. The number of benzene rings is 2. The van der Waals surface area contributed by atoms with Gasteiger partial charge in [0.05, 0.1) is 0 Å². The zero-order valence-corrected chi connectivity index (χ0v) is 13.7. The van der Waals surface area contributed by atoms with Crippen LogP contribution in [-0.2, 0) is 4.79 Å². The first kappa shape index (κ1) is 16.0. The van der Waals surface area contributed by atoms with E-state index in [2.05, 4.69) is 27.7 Å². The van der Waals surface area contributed by atoms with Crippen molar-refractivity contribution in [3.05, 3.63) is 42.5 Å². The third kappa shape index (κ3) is 4.09. The van der Waals surface area contributed by atoms with Gasteiger partial charge in [0, 0.05) is 36.6 Å². The van der Waals surface area contributed by atoms with Gasteiger partial charge < -0.3 is 15.5 Å². The molecule has 0 spiro atoms. The molecule has 0 saturated carbocycles. The third-order valence-corrected chi connectivity index (χ3v) is 4.63. The molecule has 1 heterocycles. The minimum atomic E-state index is 0.0907. The summed E-state index contributed by atoms with van der Waals surface area (Å²) >= 11 is 0. The number of likely N-dealkylation sites (tertiary alicyclic amines) is 1. The lowest BCUT2D eigenvalue weighted by atomic mass is 10.1. The molecular formula is C19H25N3O. The lowest BCUT2D eigenvalue weighted by Gasteiger charge is -2.32. The average molecular weight is 311 g/mol. The summed E-state index contributed by atoms with van der Waals surface area (Å²) in [5.74, 6) is 0.0907. The number of rotatable bonds is 5. The molecule has 0 aromatic heterocycles. The Hall–Kier alpha value is -1.91. The van der Waals surface area contributed by atoms with E-state index >= 15 is 0 Å². The Labute approximate surface area is 137 Å². The number of piperidine rings is 1. The molecule has 23 heavy (non-hydrogen) atoms. The van der Waals surface area contributed by atoms with Crippen molar-refractivity contribution in [3.63, 3.8) is 0 Å². The monoisotopic (exact) mass is 311 g/mol. The van der Waals surface area contributed by atoms with Crippen LogP contribution in [0.15, 0.2) is 42.5 Å². The number of carbonyl (C=O) groups is 1. The predicted molar refractivity (Wildman–Crippen MR) is 95.7 cm³/mol. The van der Waals surface area contributed by atoms with E-state index in [1.165, 1.54) is 12.8 Å². The maximum atomic E-state index is 12.3. The van der Waals surface area contributed by atoms with Crippen molar-refractivity contribution in [1.29, 1.82) is 0 Å². The summed E-state index contributed by atoms with van der Waals surface area (Å²) in [6.07, 6.45) is 2.98. The van der Waals surface area contributed by atoms with Crippen molar-refractivity contribution in [2.75, 3.05) is 32.0 Å². The molecule has 2 aromatic carbocycles. The fraction of sp³-hybridized carbons (Fsp3) is 0.421. The maximum absolute atomic E-state index is 12.3. The van der Waals surface area contributed by atoms with Crippen molar-refractivity contribution in [2.24, 2.45) is 0 Å². The van der Waals surface area contributed by atoms with Crippen LogP contribution in [0.2, 0.25) is 0 Å². The van der Waals surface area contributed by atoms with Gasteiger partial charge in [0.25, 0.3) is 0 Å². The van der Waals surface area contributed by atoms with Crippen molar-refractivity contribution in [2.45, 2.75) is 25.3 Å². The number of anilines is 1. The Morgan fingerprint density at radius 3 is 2.91 bits per heavy atom. The number of likely N-dealkylation sites (N-methyl/N-ethyl adjacent to an activating group) is 1. The van der Waals surface area contributed by atoms with Crippen LogP contribution in [0.3, 0.4) is 0 Å². The zero-order chi connectivity index (χ0) is 16.1. The van der Waals surface area contributed by atoms with Crippen LogP contribution in [-0.4, -0.2) is 43.5 Å². The highest BCUT2D eigenvalue weighted by atomic mass is 16.1.